The molecule has 1 N–H and O–H groups in total. The molecule has 22 heavy (non-hydrogen) atoms. The topological polar surface area (TPSA) is 52.6 Å². The van der Waals surface area contributed by atoms with E-state index < -0.39 is 0 Å². The summed E-state index contributed by atoms with van der Waals surface area (Å²) < 4.78 is 0. The molecule has 1 atom stereocenters. The first-order valence-electron chi connectivity index (χ1n) is 7.98. The Morgan fingerprint density at radius 2 is 1.77 bits per heavy atom. The molecule has 1 unspecified atom stereocenters. The molecule has 0 spiro atoms. The van der Waals surface area contributed by atoms with Crippen LogP contribution in [0, 0.1) is 5.92 Å². The Hall–Kier alpha value is -1.88. The first-order valence-corrected chi connectivity index (χ1v) is 7.98. The van der Waals surface area contributed by atoms with Crippen LogP contribution >= 0.6 is 0 Å². The fraction of sp³-hybridized carbons (Fsp3) is 0.529. The molecule has 0 bridgehead atoms. The van der Waals surface area contributed by atoms with E-state index in [9.17, 15) is 9.59 Å². The van der Waals surface area contributed by atoms with E-state index in [1.807, 2.05) is 0 Å². The standard InChI is InChI=1S/C17H23N3O2/c1-19-8-10-20(11-9-19)15-5-2-13(3-6-15)12-14-4-7-16(21)18-17(14)22/h2-3,5-6,14H,4,7-12H2,1H3,(H,18,21,22). The van der Waals surface area contributed by atoms with Gasteiger partial charge in [0.15, 0.2) is 0 Å². The molecule has 5 nitrogen and oxygen atoms in total. The minimum atomic E-state index is -0.147. The number of carbonyl (C=O) groups excluding carboxylic acids is 2. The SMILES string of the molecule is CN1CCN(c2ccc(CC3CCC(=O)NC3=O)cc2)CC1. The maximum atomic E-state index is 11.8. The van der Waals surface area contributed by atoms with Crippen molar-refractivity contribution in [1.82, 2.24) is 10.2 Å². The number of amides is 2. The molecular formula is C17H23N3O2. The molecule has 0 aromatic heterocycles. The molecule has 2 amide bonds. The molecule has 1 aromatic rings. The van der Waals surface area contributed by atoms with Crippen LogP contribution < -0.4 is 10.2 Å². The van der Waals surface area contributed by atoms with Crippen LogP contribution in [0.2, 0.25) is 0 Å². The van der Waals surface area contributed by atoms with E-state index in [0.29, 0.717) is 19.3 Å². The van der Waals surface area contributed by atoms with Crippen molar-refractivity contribution in [3.8, 4) is 0 Å². The highest BCUT2D eigenvalue weighted by atomic mass is 16.2. The minimum absolute atomic E-state index is 0.0767. The second-order valence-corrected chi connectivity index (χ2v) is 6.31. The summed E-state index contributed by atoms with van der Waals surface area (Å²) in [6.07, 6.45) is 1.82. The molecule has 0 radical (unpaired) electrons. The van der Waals surface area contributed by atoms with Crippen molar-refractivity contribution in [2.75, 3.05) is 38.1 Å². The lowest BCUT2D eigenvalue weighted by atomic mass is 9.91. The number of nitrogens with zero attached hydrogens (tertiary/aromatic N) is 2. The van der Waals surface area contributed by atoms with Gasteiger partial charge < -0.3 is 9.80 Å². The van der Waals surface area contributed by atoms with Crippen molar-refractivity contribution in [3.05, 3.63) is 29.8 Å². The highest BCUT2D eigenvalue weighted by Gasteiger charge is 2.26. The number of carbonyl (C=O) groups is 2. The van der Waals surface area contributed by atoms with Crippen LogP contribution in [0.1, 0.15) is 18.4 Å². The van der Waals surface area contributed by atoms with Crippen molar-refractivity contribution < 1.29 is 9.59 Å². The van der Waals surface area contributed by atoms with Gasteiger partial charge >= 0.3 is 0 Å². The van der Waals surface area contributed by atoms with Gasteiger partial charge in [0, 0.05) is 44.2 Å². The average Bonchev–Trinajstić information content (AvgIpc) is 2.52. The number of imide groups is 1. The van der Waals surface area contributed by atoms with Gasteiger partial charge in [-0.3, -0.25) is 14.9 Å². The summed E-state index contributed by atoms with van der Waals surface area (Å²) in [4.78, 5) is 27.7. The Morgan fingerprint density at radius 3 is 2.41 bits per heavy atom. The summed E-state index contributed by atoms with van der Waals surface area (Å²) in [5.74, 6) is -0.349. The molecule has 5 heteroatoms. The molecule has 118 valence electrons. The number of hydrogen-bond acceptors (Lipinski definition) is 4. The molecule has 3 rings (SSSR count). The lowest BCUT2D eigenvalue weighted by Gasteiger charge is -2.34. The number of piperidine rings is 1. The van der Waals surface area contributed by atoms with Crippen LogP contribution in [0.4, 0.5) is 5.69 Å². The van der Waals surface area contributed by atoms with Crippen LogP contribution in [-0.4, -0.2) is 49.9 Å². The first-order chi connectivity index (χ1) is 10.6. The zero-order valence-corrected chi connectivity index (χ0v) is 13.0. The molecular weight excluding hydrogens is 278 g/mol. The second kappa shape index (κ2) is 6.48. The van der Waals surface area contributed by atoms with Gasteiger partial charge in [-0.05, 0) is 37.6 Å². The Morgan fingerprint density at radius 1 is 1.09 bits per heavy atom. The van der Waals surface area contributed by atoms with Crippen molar-refractivity contribution >= 4 is 17.5 Å². The minimum Gasteiger partial charge on any atom is -0.369 e. The van der Waals surface area contributed by atoms with E-state index in [4.69, 9.17) is 0 Å². The Bertz CT molecular complexity index is 548. The Kier molecular flexibility index (Phi) is 4.43. The molecule has 2 fully saturated rings. The van der Waals surface area contributed by atoms with E-state index >= 15 is 0 Å². The van der Waals surface area contributed by atoms with Gasteiger partial charge in [0.1, 0.15) is 0 Å². The van der Waals surface area contributed by atoms with Crippen LogP contribution in [0.15, 0.2) is 24.3 Å². The van der Waals surface area contributed by atoms with Crippen LogP contribution in [0.3, 0.4) is 0 Å². The predicted molar refractivity (Wildman–Crippen MR) is 85.7 cm³/mol. The van der Waals surface area contributed by atoms with Gasteiger partial charge in [0.05, 0.1) is 0 Å². The van der Waals surface area contributed by atoms with Gasteiger partial charge in [-0.2, -0.15) is 0 Å². The molecule has 2 saturated heterocycles. The highest BCUT2D eigenvalue weighted by molar-refractivity contribution is 5.98. The monoisotopic (exact) mass is 301 g/mol. The third kappa shape index (κ3) is 3.47. The summed E-state index contributed by atoms with van der Waals surface area (Å²) in [6, 6.07) is 8.51. The summed E-state index contributed by atoms with van der Waals surface area (Å²) in [5, 5.41) is 2.43. The zero-order chi connectivity index (χ0) is 15.5. The van der Waals surface area contributed by atoms with E-state index in [0.717, 1.165) is 31.7 Å². The molecule has 0 aliphatic carbocycles. The lowest BCUT2D eigenvalue weighted by molar-refractivity contribution is -0.136. The van der Waals surface area contributed by atoms with Crippen molar-refractivity contribution in [2.45, 2.75) is 19.3 Å². The zero-order valence-electron chi connectivity index (χ0n) is 13.0. The van der Waals surface area contributed by atoms with Crippen molar-refractivity contribution in [3.63, 3.8) is 0 Å². The van der Waals surface area contributed by atoms with Crippen LogP contribution in [0.25, 0.3) is 0 Å². The van der Waals surface area contributed by atoms with Gasteiger partial charge in [0.2, 0.25) is 11.8 Å². The lowest BCUT2D eigenvalue weighted by Crippen LogP contribution is -2.44. The summed E-state index contributed by atoms with van der Waals surface area (Å²) in [5.41, 5.74) is 2.41. The van der Waals surface area contributed by atoms with E-state index in [1.54, 1.807) is 0 Å². The fourth-order valence-electron chi connectivity index (χ4n) is 3.13. The number of nitrogens with one attached hydrogen (secondary N) is 1. The average molecular weight is 301 g/mol. The van der Waals surface area contributed by atoms with Gasteiger partial charge in [0.25, 0.3) is 0 Å². The van der Waals surface area contributed by atoms with E-state index in [1.165, 1.54) is 5.69 Å². The normalized spacial score (nSPS) is 23.5. The van der Waals surface area contributed by atoms with Gasteiger partial charge in [-0.25, -0.2) is 0 Å². The molecule has 0 saturated carbocycles. The fourth-order valence-corrected chi connectivity index (χ4v) is 3.13. The van der Waals surface area contributed by atoms with Gasteiger partial charge in [-0.15, -0.1) is 0 Å². The third-order valence-electron chi connectivity index (χ3n) is 4.64. The quantitative estimate of drug-likeness (QED) is 0.848. The number of anilines is 1. The maximum Gasteiger partial charge on any atom is 0.230 e. The number of hydrogen-bond donors (Lipinski definition) is 1. The summed E-state index contributed by atoms with van der Waals surface area (Å²) in [7, 11) is 2.15. The van der Waals surface area contributed by atoms with Crippen molar-refractivity contribution in [1.29, 1.82) is 0 Å². The molecule has 1 aromatic carbocycles. The predicted octanol–water partition coefficient (Wildman–Crippen LogP) is 1.03. The first kappa shape index (κ1) is 15.0. The van der Waals surface area contributed by atoms with E-state index in [-0.39, 0.29) is 17.7 Å². The highest BCUT2D eigenvalue weighted by Crippen LogP contribution is 2.21. The van der Waals surface area contributed by atoms with E-state index in [2.05, 4.69) is 46.4 Å². The number of rotatable bonds is 3. The van der Waals surface area contributed by atoms with Crippen LogP contribution in [-0.2, 0) is 16.0 Å². The maximum absolute atomic E-state index is 11.8. The number of benzene rings is 1. The summed E-state index contributed by atoms with van der Waals surface area (Å²) >= 11 is 0. The molecule has 2 aliphatic heterocycles. The molecule has 2 heterocycles. The molecule has 2 aliphatic rings. The number of piperazine rings is 1. The summed E-state index contributed by atoms with van der Waals surface area (Å²) in [6.45, 7) is 4.31. The van der Waals surface area contributed by atoms with Gasteiger partial charge in [-0.1, -0.05) is 12.1 Å². The smallest absolute Gasteiger partial charge is 0.230 e. The Labute approximate surface area is 131 Å². The Balaban J connectivity index is 1.59. The van der Waals surface area contributed by atoms with Crippen molar-refractivity contribution in [2.24, 2.45) is 5.92 Å². The largest absolute Gasteiger partial charge is 0.369 e. The second-order valence-electron chi connectivity index (χ2n) is 6.31. The third-order valence-corrected chi connectivity index (χ3v) is 4.64. The van der Waals surface area contributed by atoms with Crippen LogP contribution in [0.5, 0.6) is 0 Å². The number of likely N-dealkylation sites (N-methyl/N-ethyl adjacent to an activating group) is 1.